The molecule has 9 heteroatoms. The molecule has 0 spiro atoms. The van der Waals surface area contributed by atoms with Crippen molar-refractivity contribution >= 4 is 33.9 Å². The molecule has 38 heavy (non-hydrogen) atoms. The summed E-state index contributed by atoms with van der Waals surface area (Å²) in [6.45, 7) is 0.657. The lowest BCUT2D eigenvalue weighted by molar-refractivity contribution is 0.0921. The lowest BCUT2D eigenvalue weighted by atomic mass is 10.1. The van der Waals surface area contributed by atoms with Crippen LogP contribution in [-0.4, -0.2) is 41.8 Å². The average Bonchev–Trinajstić information content (AvgIpc) is 2.96. The monoisotopic (exact) mass is 527 g/mol. The number of fused-ring (bicyclic) bond motifs is 4. The van der Waals surface area contributed by atoms with Crippen molar-refractivity contribution < 1.29 is 14.3 Å². The fourth-order valence-electron chi connectivity index (χ4n) is 4.11. The van der Waals surface area contributed by atoms with Crippen LogP contribution in [0.1, 0.15) is 23.2 Å². The highest BCUT2D eigenvalue weighted by atomic mass is 32.2. The van der Waals surface area contributed by atoms with E-state index in [-0.39, 0.29) is 12.4 Å². The van der Waals surface area contributed by atoms with Crippen LogP contribution in [0.25, 0.3) is 11.1 Å². The number of carbonyl (C=O) groups excluding carboxylic acids is 1. The number of hydrogen-bond acceptors (Lipinski definition) is 8. The van der Waals surface area contributed by atoms with Crippen LogP contribution in [0.4, 0.5) is 17.5 Å². The molecule has 4 aromatic rings. The molecule has 0 saturated heterocycles. The van der Waals surface area contributed by atoms with Crippen molar-refractivity contribution in [1.82, 2.24) is 9.97 Å². The van der Waals surface area contributed by atoms with E-state index >= 15 is 0 Å². The van der Waals surface area contributed by atoms with Gasteiger partial charge in [-0.25, -0.2) is 4.98 Å². The molecule has 0 fully saturated rings. The SMILES string of the molecule is COc1ccc(-c2cnc3nc2NCCCCS(=N)c2cc(cc(OCC(=O)c4ccccc4)c2)N3)cc1. The fourth-order valence-corrected chi connectivity index (χ4v) is 5.37. The van der Waals surface area contributed by atoms with Gasteiger partial charge in [0, 0.05) is 46.3 Å². The number of nitrogens with zero attached hydrogens (tertiary/aromatic N) is 2. The molecule has 3 aromatic carbocycles. The van der Waals surface area contributed by atoms with Crippen LogP contribution in [0, 0.1) is 4.78 Å². The Labute approximate surface area is 224 Å². The van der Waals surface area contributed by atoms with Crippen LogP contribution < -0.4 is 20.1 Å². The van der Waals surface area contributed by atoms with Gasteiger partial charge < -0.3 is 20.1 Å². The van der Waals surface area contributed by atoms with E-state index in [1.54, 1.807) is 25.4 Å². The van der Waals surface area contributed by atoms with Crippen molar-refractivity contribution in [2.75, 3.05) is 36.6 Å². The molecule has 3 N–H and O–H groups in total. The summed E-state index contributed by atoms with van der Waals surface area (Å²) in [6, 6.07) is 22.5. The molecule has 1 unspecified atom stereocenters. The lowest BCUT2D eigenvalue weighted by Crippen LogP contribution is -2.12. The summed E-state index contributed by atoms with van der Waals surface area (Å²) in [5.74, 6) is 3.11. The number of carbonyl (C=O) groups is 1. The lowest BCUT2D eigenvalue weighted by Gasteiger charge is -2.14. The van der Waals surface area contributed by atoms with E-state index in [0.717, 1.165) is 52.7 Å². The number of ketones is 1. The molecule has 5 rings (SSSR count). The fraction of sp³-hybridized carbons (Fsp3) is 0.207. The standard InChI is InChI=1S/C29H29N5O3S/c1-36-23-11-9-20(10-12-23)26-18-32-29-33-22-15-24(37-19-27(35)21-7-3-2-4-8-21)17-25(16-22)38(30)14-6-5-13-31-28(26)34-29/h2-4,7-12,15-18,30H,5-6,13-14,19H2,1H3,(H2,31,32,33,34). The van der Waals surface area contributed by atoms with Gasteiger partial charge in [-0.1, -0.05) is 53.2 Å². The van der Waals surface area contributed by atoms with Crippen molar-refractivity contribution in [3.8, 4) is 22.6 Å². The Morgan fingerprint density at radius 2 is 1.84 bits per heavy atom. The molecular weight excluding hydrogens is 498 g/mol. The third-order valence-electron chi connectivity index (χ3n) is 6.14. The smallest absolute Gasteiger partial charge is 0.229 e. The summed E-state index contributed by atoms with van der Waals surface area (Å²) in [4.78, 5) is 22.7. The van der Waals surface area contributed by atoms with E-state index in [2.05, 4.69) is 15.6 Å². The third-order valence-corrected chi connectivity index (χ3v) is 7.65. The van der Waals surface area contributed by atoms with Crippen molar-refractivity contribution in [3.05, 3.63) is 84.6 Å². The number of nitrogens with one attached hydrogen (secondary N) is 3. The van der Waals surface area contributed by atoms with Crippen LogP contribution in [0.5, 0.6) is 11.5 Å². The number of methoxy groups -OCH3 is 1. The first-order valence-corrected chi connectivity index (χ1v) is 13.8. The van der Waals surface area contributed by atoms with Crippen molar-refractivity contribution in [2.24, 2.45) is 0 Å². The largest absolute Gasteiger partial charge is 0.497 e. The van der Waals surface area contributed by atoms with E-state index in [1.165, 1.54) is 0 Å². The zero-order valence-electron chi connectivity index (χ0n) is 21.1. The first-order valence-electron chi connectivity index (χ1n) is 12.4. The molecular formula is C29H29N5O3S. The maximum absolute atomic E-state index is 12.6. The van der Waals surface area contributed by atoms with Crippen LogP contribution in [0.3, 0.4) is 0 Å². The highest BCUT2D eigenvalue weighted by Gasteiger charge is 2.14. The Morgan fingerprint density at radius 3 is 2.63 bits per heavy atom. The van der Waals surface area contributed by atoms with Gasteiger partial charge in [-0.05, 0) is 42.7 Å². The van der Waals surface area contributed by atoms with E-state index < -0.39 is 10.7 Å². The van der Waals surface area contributed by atoms with Gasteiger partial charge in [-0.2, -0.15) is 4.98 Å². The summed E-state index contributed by atoms with van der Waals surface area (Å²) in [6.07, 6.45) is 3.61. The topological polar surface area (TPSA) is 109 Å². The maximum atomic E-state index is 12.6. The van der Waals surface area contributed by atoms with Gasteiger partial charge in [0.2, 0.25) is 5.95 Å². The normalized spacial score (nSPS) is 15.0. The number of hydrogen-bond donors (Lipinski definition) is 3. The quantitative estimate of drug-likeness (QED) is 0.260. The third kappa shape index (κ3) is 6.18. The Kier molecular flexibility index (Phi) is 7.94. The van der Waals surface area contributed by atoms with Crippen LogP contribution in [-0.2, 0) is 10.7 Å². The second-order valence-corrected chi connectivity index (χ2v) is 10.5. The highest BCUT2D eigenvalue weighted by molar-refractivity contribution is 7.86. The molecule has 0 saturated carbocycles. The highest BCUT2D eigenvalue weighted by Crippen LogP contribution is 2.31. The second-order valence-electron chi connectivity index (χ2n) is 8.81. The molecule has 8 nitrogen and oxygen atoms in total. The van der Waals surface area contributed by atoms with Crippen molar-refractivity contribution in [3.63, 3.8) is 0 Å². The first-order chi connectivity index (χ1) is 18.6. The van der Waals surface area contributed by atoms with E-state index in [1.807, 2.05) is 60.7 Å². The number of ether oxygens (including phenoxy) is 2. The first kappa shape index (κ1) is 25.4. The Balaban J connectivity index is 1.43. The van der Waals surface area contributed by atoms with Crippen LogP contribution >= 0.6 is 0 Å². The number of anilines is 3. The predicted molar refractivity (Wildman–Crippen MR) is 151 cm³/mol. The predicted octanol–water partition coefficient (Wildman–Crippen LogP) is 6.10. The summed E-state index contributed by atoms with van der Waals surface area (Å²) in [7, 11) is 0.924. The molecule has 4 bridgehead atoms. The Bertz CT molecular complexity index is 1440. The summed E-state index contributed by atoms with van der Waals surface area (Å²) in [5, 5.41) is 6.73. The molecule has 0 amide bonds. The van der Waals surface area contributed by atoms with Gasteiger partial charge >= 0.3 is 0 Å². The van der Waals surface area contributed by atoms with Crippen LogP contribution in [0.15, 0.2) is 83.9 Å². The second kappa shape index (κ2) is 11.9. The van der Waals surface area contributed by atoms with E-state index in [9.17, 15) is 4.79 Å². The number of benzene rings is 3. The van der Waals surface area contributed by atoms with Crippen LogP contribution in [0.2, 0.25) is 0 Å². The van der Waals surface area contributed by atoms with Gasteiger partial charge in [0.15, 0.2) is 12.4 Å². The van der Waals surface area contributed by atoms with E-state index in [4.69, 9.17) is 19.2 Å². The minimum atomic E-state index is -0.722. The zero-order valence-corrected chi connectivity index (χ0v) is 21.9. The molecule has 1 aromatic heterocycles. The minimum Gasteiger partial charge on any atom is -0.497 e. The maximum Gasteiger partial charge on any atom is 0.229 e. The molecule has 0 radical (unpaired) electrons. The molecule has 194 valence electrons. The van der Waals surface area contributed by atoms with E-state index in [0.29, 0.717) is 22.9 Å². The summed E-state index contributed by atoms with van der Waals surface area (Å²) in [5.41, 5.74) is 3.19. The Hall–Kier alpha value is -4.24. The molecule has 1 atom stereocenters. The van der Waals surface area contributed by atoms with Gasteiger partial charge in [0.1, 0.15) is 17.3 Å². The Morgan fingerprint density at radius 1 is 1.03 bits per heavy atom. The molecule has 1 aliphatic heterocycles. The molecule has 2 heterocycles. The summed E-state index contributed by atoms with van der Waals surface area (Å²) < 4.78 is 19.9. The van der Waals surface area contributed by atoms with Gasteiger partial charge in [0.25, 0.3) is 0 Å². The molecule has 0 aliphatic carbocycles. The van der Waals surface area contributed by atoms with Crippen molar-refractivity contribution in [1.29, 1.82) is 4.78 Å². The minimum absolute atomic E-state index is 0.0835. The number of Topliss-reactive ketones (excluding diaryl/α,β-unsaturated/α-hetero) is 1. The number of aromatic nitrogens is 2. The van der Waals surface area contributed by atoms with Gasteiger partial charge in [0.05, 0.1) is 7.11 Å². The molecule has 1 aliphatic rings. The zero-order chi connectivity index (χ0) is 26.3. The van der Waals surface area contributed by atoms with Crippen molar-refractivity contribution in [2.45, 2.75) is 17.7 Å². The van der Waals surface area contributed by atoms with Gasteiger partial charge in [-0.3, -0.25) is 9.57 Å². The number of rotatable bonds is 6. The van der Waals surface area contributed by atoms with Gasteiger partial charge in [-0.15, -0.1) is 0 Å². The average molecular weight is 528 g/mol. The summed E-state index contributed by atoms with van der Waals surface area (Å²) >= 11 is 0.